The van der Waals surface area contributed by atoms with Gasteiger partial charge in [0.15, 0.2) is 0 Å². The van der Waals surface area contributed by atoms with Crippen molar-refractivity contribution >= 4 is 17.4 Å². The zero-order valence-electron chi connectivity index (χ0n) is 13.1. The number of nitrogens with zero attached hydrogens (tertiary/aromatic N) is 2. The Hall–Kier alpha value is -1.72. The van der Waals surface area contributed by atoms with Gasteiger partial charge in [-0.1, -0.05) is 30.3 Å². The van der Waals surface area contributed by atoms with Crippen LogP contribution in [0.1, 0.15) is 41.6 Å². The predicted molar refractivity (Wildman–Crippen MR) is 87.1 cm³/mol. The highest BCUT2D eigenvalue weighted by molar-refractivity contribution is 7.03. The molecular formula is C17H20N2O2S. The first-order chi connectivity index (χ1) is 10.5. The Morgan fingerprint density at radius 2 is 2.09 bits per heavy atom. The van der Waals surface area contributed by atoms with Crippen LogP contribution in [0.5, 0.6) is 0 Å². The monoisotopic (exact) mass is 316 g/mol. The molecule has 5 heteroatoms. The summed E-state index contributed by atoms with van der Waals surface area (Å²) in [6.07, 6.45) is -0.0786. The molecule has 0 bridgehead atoms. The van der Waals surface area contributed by atoms with Crippen LogP contribution in [-0.4, -0.2) is 33.9 Å². The van der Waals surface area contributed by atoms with Gasteiger partial charge in [0.2, 0.25) is 0 Å². The van der Waals surface area contributed by atoms with E-state index in [2.05, 4.69) is 4.37 Å². The molecule has 0 spiro atoms. The van der Waals surface area contributed by atoms with Gasteiger partial charge in [0.25, 0.3) is 5.91 Å². The average Bonchev–Trinajstić information content (AvgIpc) is 2.93. The normalized spacial score (nSPS) is 20.9. The number of rotatable bonds is 2. The number of hydrogen-bond donors (Lipinski definition) is 0. The van der Waals surface area contributed by atoms with E-state index in [1.807, 2.05) is 61.4 Å². The minimum absolute atomic E-state index is 0.0421. The standard InChI is InChI=1S/C17H20N2O2S/c1-12-14(10-22-18-12)16(20)19-9-15(21-11-17(19,2)3)13-7-5-4-6-8-13/h4-8,10,15H,9,11H2,1-3H3. The number of aromatic nitrogens is 1. The highest BCUT2D eigenvalue weighted by Crippen LogP contribution is 2.32. The van der Waals surface area contributed by atoms with E-state index in [0.717, 1.165) is 11.3 Å². The molecular weight excluding hydrogens is 296 g/mol. The molecule has 0 N–H and O–H groups in total. The molecule has 3 rings (SSSR count). The Kier molecular flexibility index (Phi) is 4.02. The van der Waals surface area contributed by atoms with Gasteiger partial charge in [-0.05, 0) is 37.9 Å². The van der Waals surface area contributed by atoms with E-state index in [4.69, 9.17) is 4.74 Å². The van der Waals surface area contributed by atoms with E-state index in [0.29, 0.717) is 18.7 Å². The molecule has 0 aliphatic carbocycles. The van der Waals surface area contributed by atoms with Crippen LogP contribution in [-0.2, 0) is 4.74 Å². The number of morpholine rings is 1. The largest absolute Gasteiger partial charge is 0.369 e. The summed E-state index contributed by atoms with van der Waals surface area (Å²) < 4.78 is 10.2. The number of hydrogen-bond acceptors (Lipinski definition) is 4. The Bertz CT molecular complexity index is 666. The second-order valence-electron chi connectivity index (χ2n) is 6.25. The van der Waals surface area contributed by atoms with Gasteiger partial charge < -0.3 is 9.64 Å². The van der Waals surface area contributed by atoms with Gasteiger partial charge in [0, 0.05) is 5.38 Å². The maximum absolute atomic E-state index is 12.9. The molecule has 1 atom stereocenters. The van der Waals surface area contributed by atoms with Gasteiger partial charge >= 0.3 is 0 Å². The predicted octanol–water partition coefficient (Wildman–Crippen LogP) is 3.44. The van der Waals surface area contributed by atoms with Gasteiger partial charge in [-0.25, -0.2) is 0 Å². The molecule has 1 aromatic heterocycles. The van der Waals surface area contributed by atoms with Crippen molar-refractivity contribution in [3.63, 3.8) is 0 Å². The third kappa shape index (κ3) is 2.78. The van der Waals surface area contributed by atoms with Crippen LogP contribution >= 0.6 is 11.5 Å². The minimum Gasteiger partial charge on any atom is -0.369 e. The highest BCUT2D eigenvalue weighted by Gasteiger charge is 2.39. The van der Waals surface area contributed by atoms with E-state index < -0.39 is 0 Å². The van der Waals surface area contributed by atoms with Crippen LogP contribution in [0.4, 0.5) is 0 Å². The van der Waals surface area contributed by atoms with E-state index >= 15 is 0 Å². The Labute approximate surface area is 134 Å². The molecule has 1 aliphatic heterocycles. The molecule has 1 aliphatic rings. The summed E-state index contributed by atoms with van der Waals surface area (Å²) in [5, 5.41) is 1.83. The van der Waals surface area contributed by atoms with Crippen molar-refractivity contribution in [1.29, 1.82) is 0 Å². The molecule has 1 amide bonds. The third-order valence-electron chi connectivity index (χ3n) is 4.11. The van der Waals surface area contributed by atoms with Gasteiger partial charge in [0.05, 0.1) is 29.9 Å². The molecule has 2 aromatic rings. The first-order valence-corrected chi connectivity index (χ1v) is 8.22. The van der Waals surface area contributed by atoms with Crippen LogP contribution in [0.3, 0.4) is 0 Å². The van der Waals surface area contributed by atoms with Crippen LogP contribution in [0.2, 0.25) is 0 Å². The molecule has 22 heavy (non-hydrogen) atoms. The fraction of sp³-hybridized carbons (Fsp3) is 0.412. The lowest BCUT2D eigenvalue weighted by Gasteiger charge is -2.45. The van der Waals surface area contributed by atoms with Gasteiger partial charge in [0.1, 0.15) is 6.10 Å². The van der Waals surface area contributed by atoms with Crippen molar-refractivity contribution in [2.45, 2.75) is 32.4 Å². The van der Waals surface area contributed by atoms with Gasteiger partial charge in [-0.15, -0.1) is 0 Å². The Morgan fingerprint density at radius 1 is 1.36 bits per heavy atom. The fourth-order valence-electron chi connectivity index (χ4n) is 2.72. The third-order valence-corrected chi connectivity index (χ3v) is 4.83. The first-order valence-electron chi connectivity index (χ1n) is 7.38. The summed E-state index contributed by atoms with van der Waals surface area (Å²) in [7, 11) is 0. The number of carbonyl (C=O) groups is 1. The fourth-order valence-corrected chi connectivity index (χ4v) is 3.40. The second kappa shape index (κ2) is 5.82. The zero-order chi connectivity index (χ0) is 15.7. The van der Waals surface area contributed by atoms with E-state index in [-0.39, 0.29) is 17.6 Å². The number of ether oxygens (including phenoxy) is 1. The summed E-state index contributed by atoms with van der Waals surface area (Å²) in [6, 6.07) is 10.1. The summed E-state index contributed by atoms with van der Waals surface area (Å²) in [6.45, 7) is 7.05. The Morgan fingerprint density at radius 3 is 2.73 bits per heavy atom. The van der Waals surface area contributed by atoms with Crippen LogP contribution in [0.15, 0.2) is 35.7 Å². The number of aryl methyl sites for hydroxylation is 1. The van der Waals surface area contributed by atoms with Crippen molar-refractivity contribution < 1.29 is 9.53 Å². The lowest BCUT2D eigenvalue weighted by atomic mass is 9.97. The topological polar surface area (TPSA) is 42.4 Å². The van der Waals surface area contributed by atoms with Crippen molar-refractivity contribution in [3.05, 3.63) is 52.5 Å². The molecule has 0 radical (unpaired) electrons. The molecule has 1 saturated heterocycles. The average molecular weight is 316 g/mol. The maximum Gasteiger partial charge on any atom is 0.257 e. The summed E-state index contributed by atoms with van der Waals surface area (Å²) >= 11 is 1.33. The van der Waals surface area contributed by atoms with Crippen molar-refractivity contribution in [2.75, 3.05) is 13.2 Å². The van der Waals surface area contributed by atoms with Crippen LogP contribution in [0.25, 0.3) is 0 Å². The number of carbonyl (C=O) groups excluding carboxylic acids is 1. The molecule has 1 fully saturated rings. The number of benzene rings is 1. The lowest BCUT2D eigenvalue weighted by molar-refractivity contribution is -0.0846. The first kappa shape index (κ1) is 15.2. The van der Waals surface area contributed by atoms with Gasteiger partial charge in [-0.2, -0.15) is 4.37 Å². The van der Waals surface area contributed by atoms with E-state index in [9.17, 15) is 4.79 Å². The van der Waals surface area contributed by atoms with Crippen molar-refractivity contribution in [3.8, 4) is 0 Å². The Balaban J connectivity index is 1.87. The smallest absolute Gasteiger partial charge is 0.257 e. The molecule has 4 nitrogen and oxygen atoms in total. The quantitative estimate of drug-likeness (QED) is 0.852. The summed E-state index contributed by atoms with van der Waals surface area (Å²) in [5.41, 5.74) is 2.29. The molecule has 2 heterocycles. The zero-order valence-corrected chi connectivity index (χ0v) is 13.9. The SMILES string of the molecule is Cc1nscc1C(=O)N1CC(c2ccccc2)OCC1(C)C. The van der Waals surface area contributed by atoms with Crippen LogP contribution in [0, 0.1) is 6.92 Å². The van der Waals surface area contributed by atoms with Gasteiger partial charge in [-0.3, -0.25) is 4.79 Å². The van der Waals surface area contributed by atoms with Crippen molar-refractivity contribution in [1.82, 2.24) is 9.27 Å². The molecule has 116 valence electrons. The number of amides is 1. The lowest BCUT2D eigenvalue weighted by Crippen LogP contribution is -2.56. The summed E-state index contributed by atoms with van der Waals surface area (Å²) in [4.78, 5) is 14.8. The second-order valence-corrected chi connectivity index (χ2v) is 6.88. The highest BCUT2D eigenvalue weighted by atomic mass is 32.1. The van der Waals surface area contributed by atoms with E-state index in [1.165, 1.54) is 11.5 Å². The maximum atomic E-state index is 12.9. The van der Waals surface area contributed by atoms with Crippen molar-refractivity contribution in [2.24, 2.45) is 0 Å². The molecule has 1 aromatic carbocycles. The van der Waals surface area contributed by atoms with E-state index in [1.54, 1.807) is 0 Å². The summed E-state index contributed by atoms with van der Waals surface area (Å²) in [5.74, 6) is 0.0421. The van der Waals surface area contributed by atoms with Crippen LogP contribution < -0.4 is 0 Å². The molecule has 1 unspecified atom stereocenters. The molecule has 0 saturated carbocycles. The minimum atomic E-state index is -0.323.